The lowest BCUT2D eigenvalue weighted by Crippen LogP contribution is -2.24. The van der Waals surface area contributed by atoms with Crippen LogP contribution < -0.4 is 5.56 Å². The number of hydrogen-bond acceptors (Lipinski definition) is 5. The highest BCUT2D eigenvalue weighted by Crippen LogP contribution is 2.43. The first-order chi connectivity index (χ1) is 15.3. The van der Waals surface area contributed by atoms with E-state index in [0.29, 0.717) is 36.2 Å². The number of rotatable bonds is 7. The van der Waals surface area contributed by atoms with Crippen LogP contribution in [-0.2, 0) is 17.7 Å². The highest BCUT2D eigenvalue weighted by molar-refractivity contribution is 7.99. The van der Waals surface area contributed by atoms with Gasteiger partial charge in [-0.25, -0.2) is 0 Å². The summed E-state index contributed by atoms with van der Waals surface area (Å²) >= 11 is 1.75. The average molecular weight is 435 g/mol. The first-order valence-corrected chi connectivity index (χ1v) is 11.8. The topological polar surface area (TPSA) is 61.4 Å². The number of fused-ring (bicyclic) bond motifs is 4. The van der Waals surface area contributed by atoms with Crippen LogP contribution in [0.3, 0.4) is 0 Å². The molecule has 1 aliphatic carbocycles. The number of hydrogen-bond donors (Lipinski definition) is 0. The highest BCUT2D eigenvalue weighted by Gasteiger charge is 2.24. The van der Waals surface area contributed by atoms with Gasteiger partial charge in [0.1, 0.15) is 0 Å². The summed E-state index contributed by atoms with van der Waals surface area (Å²) in [5, 5.41) is 10.9. The van der Waals surface area contributed by atoms with Crippen LogP contribution in [0.15, 0.2) is 58.5 Å². The van der Waals surface area contributed by atoms with E-state index in [1.807, 2.05) is 31.2 Å². The number of thioether (sulfide) groups is 1. The molecular weight excluding hydrogens is 408 g/mol. The van der Waals surface area contributed by atoms with E-state index < -0.39 is 0 Å². The molecule has 0 bridgehead atoms. The molecule has 0 saturated heterocycles. The fraction of sp³-hybridized carbons (Fsp3) is 0.375. The van der Waals surface area contributed by atoms with Gasteiger partial charge in [0.05, 0.1) is 10.9 Å². The maximum atomic E-state index is 13.2. The van der Waals surface area contributed by atoms with Crippen molar-refractivity contribution >= 4 is 28.4 Å². The molecule has 4 aromatic rings. The van der Waals surface area contributed by atoms with Crippen LogP contribution in [0.5, 0.6) is 0 Å². The Hall–Kier alpha value is -2.64. The Morgan fingerprint density at radius 3 is 2.87 bits per heavy atom. The smallest absolute Gasteiger partial charge is 0.262 e. The average Bonchev–Trinajstić information content (AvgIpc) is 3.22. The minimum Gasteiger partial charge on any atom is -0.382 e. The van der Waals surface area contributed by atoms with Gasteiger partial charge in [-0.15, -0.1) is 10.2 Å². The Kier molecular flexibility index (Phi) is 5.78. The zero-order valence-electron chi connectivity index (χ0n) is 17.7. The van der Waals surface area contributed by atoms with Gasteiger partial charge >= 0.3 is 0 Å². The van der Waals surface area contributed by atoms with Gasteiger partial charge in [-0.2, -0.15) is 0 Å². The van der Waals surface area contributed by atoms with Crippen LogP contribution in [0, 0.1) is 0 Å². The van der Waals surface area contributed by atoms with E-state index >= 15 is 0 Å². The first kappa shape index (κ1) is 20.3. The molecule has 6 nitrogen and oxygen atoms in total. The van der Waals surface area contributed by atoms with Crippen molar-refractivity contribution in [1.82, 2.24) is 19.2 Å². The summed E-state index contributed by atoms with van der Waals surface area (Å²) in [7, 11) is 0. The standard InChI is InChI=1S/C24H26N4O2S/c1-2-30-16-8-15-27-22(29)19-12-5-6-13-20(19)28-23(27)25-26-24(28)31-21-14-7-10-17-9-3-4-11-18(17)21/h3-6,9,11-13,21H,2,7-8,10,14-16H2,1H3. The molecule has 7 heteroatoms. The van der Waals surface area contributed by atoms with Crippen molar-refractivity contribution in [2.75, 3.05) is 13.2 Å². The summed E-state index contributed by atoms with van der Waals surface area (Å²) in [5.74, 6) is 0.604. The fourth-order valence-corrected chi connectivity index (χ4v) is 5.71. The molecule has 0 N–H and O–H groups in total. The molecular formula is C24H26N4O2S. The Labute approximate surface area is 185 Å². The van der Waals surface area contributed by atoms with Gasteiger partial charge in [-0.3, -0.25) is 13.8 Å². The summed E-state index contributed by atoms with van der Waals surface area (Å²) in [6.45, 7) is 3.83. The van der Waals surface area contributed by atoms with E-state index in [0.717, 1.165) is 29.9 Å². The number of nitrogens with zero attached hydrogens (tertiary/aromatic N) is 4. The zero-order chi connectivity index (χ0) is 21.2. The maximum Gasteiger partial charge on any atom is 0.262 e. The van der Waals surface area contributed by atoms with Crippen LogP contribution >= 0.6 is 11.8 Å². The lowest BCUT2D eigenvalue weighted by atomic mass is 9.91. The van der Waals surface area contributed by atoms with E-state index in [4.69, 9.17) is 4.74 Å². The Bertz CT molecular complexity index is 1280. The van der Waals surface area contributed by atoms with Crippen LogP contribution in [-0.4, -0.2) is 32.4 Å². The minimum atomic E-state index is -0.0217. The van der Waals surface area contributed by atoms with Crippen LogP contribution in [0.4, 0.5) is 0 Å². The highest BCUT2D eigenvalue weighted by atomic mass is 32.2. The van der Waals surface area contributed by atoms with Gasteiger partial charge in [-0.1, -0.05) is 48.2 Å². The SMILES string of the molecule is CCOCCCn1c(=O)c2ccccc2n2c(SC3CCCc4ccccc43)nnc12. The summed E-state index contributed by atoms with van der Waals surface area (Å²) in [6.07, 6.45) is 4.18. The molecule has 0 saturated carbocycles. The van der Waals surface area contributed by atoms with Crippen LogP contribution in [0.1, 0.15) is 42.6 Å². The summed E-state index contributed by atoms with van der Waals surface area (Å²) in [4.78, 5) is 13.2. The summed E-state index contributed by atoms with van der Waals surface area (Å²) in [5.41, 5.74) is 3.66. The molecule has 0 radical (unpaired) electrons. The largest absolute Gasteiger partial charge is 0.382 e. The molecule has 2 aromatic heterocycles. The van der Waals surface area contributed by atoms with Crippen molar-refractivity contribution in [3.8, 4) is 0 Å². The molecule has 0 spiro atoms. The van der Waals surface area contributed by atoms with Gasteiger partial charge in [0.15, 0.2) is 5.16 Å². The van der Waals surface area contributed by atoms with Crippen LogP contribution in [0.25, 0.3) is 16.7 Å². The first-order valence-electron chi connectivity index (χ1n) is 11.0. The molecule has 31 heavy (non-hydrogen) atoms. The van der Waals surface area contributed by atoms with E-state index in [1.54, 1.807) is 16.3 Å². The van der Waals surface area contributed by atoms with Crippen molar-refractivity contribution in [2.45, 2.75) is 49.6 Å². The molecule has 1 unspecified atom stereocenters. The molecule has 0 amide bonds. The molecule has 1 aliphatic rings. The van der Waals surface area contributed by atoms with Gasteiger partial charge in [0.25, 0.3) is 5.56 Å². The minimum absolute atomic E-state index is 0.0217. The molecule has 5 rings (SSSR count). The Morgan fingerprint density at radius 2 is 1.97 bits per heavy atom. The van der Waals surface area contributed by atoms with Crippen molar-refractivity contribution in [1.29, 1.82) is 0 Å². The van der Waals surface area contributed by atoms with Gasteiger partial charge in [-0.05, 0) is 55.9 Å². The Balaban J connectivity index is 1.59. The fourth-order valence-electron chi connectivity index (χ4n) is 4.44. The number of ether oxygens (including phenoxy) is 1. The van der Waals surface area contributed by atoms with Gasteiger partial charge in [0, 0.05) is 25.0 Å². The predicted molar refractivity (Wildman–Crippen MR) is 124 cm³/mol. The van der Waals surface area contributed by atoms with Crippen molar-refractivity contribution in [2.24, 2.45) is 0 Å². The zero-order valence-corrected chi connectivity index (χ0v) is 18.5. The third kappa shape index (κ3) is 3.77. The molecule has 160 valence electrons. The summed E-state index contributed by atoms with van der Waals surface area (Å²) in [6, 6.07) is 16.4. The van der Waals surface area contributed by atoms with E-state index in [-0.39, 0.29) is 5.56 Å². The molecule has 1 atom stereocenters. The Morgan fingerprint density at radius 1 is 1.13 bits per heavy atom. The number of para-hydroxylation sites is 1. The predicted octanol–water partition coefficient (Wildman–Crippen LogP) is 4.64. The number of aryl methyl sites for hydroxylation is 2. The normalized spacial score (nSPS) is 16.1. The third-order valence-corrected chi connectivity index (χ3v) is 7.16. The lowest BCUT2D eigenvalue weighted by molar-refractivity contribution is 0.141. The van der Waals surface area contributed by atoms with E-state index in [1.165, 1.54) is 17.5 Å². The summed E-state index contributed by atoms with van der Waals surface area (Å²) < 4.78 is 9.27. The third-order valence-electron chi connectivity index (χ3n) is 5.91. The van der Waals surface area contributed by atoms with E-state index in [2.05, 4.69) is 38.9 Å². The lowest BCUT2D eigenvalue weighted by Gasteiger charge is -2.24. The monoisotopic (exact) mass is 434 g/mol. The molecule has 0 aliphatic heterocycles. The molecule has 2 heterocycles. The maximum absolute atomic E-state index is 13.2. The van der Waals surface area contributed by atoms with Crippen LogP contribution in [0.2, 0.25) is 0 Å². The second kappa shape index (κ2) is 8.85. The molecule has 0 fully saturated rings. The second-order valence-corrected chi connectivity index (χ2v) is 9.01. The van der Waals surface area contributed by atoms with Gasteiger partial charge < -0.3 is 4.74 Å². The van der Waals surface area contributed by atoms with Crippen molar-refractivity contribution in [3.05, 3.63) is 70.0 Å². The van der Waals surface area contributed by atoms with Crippen molar-refractivity contribution in [3.63, 3.8) is 0 Å². The quantitative estimate of drug-likeness (QED) is 0.397. The van der Waals surface area contributed by atoms with Gasteiger partial charge in [0.2, 0.25) is 5.78 Å². The van der Waals surface area contributed by atoms with E-state index in [9.17, 15) is 4.79 Å². The number of aromatic nitrogens is 4. The van der Waals surface area contributed by atoms with Crippen molar-refractivity contribution < 1.29 is 4.74 Å². The molecule has 2 aromatic carbocycles. The second-order valence-electron chi connectivity index (χ2n) is 7.84. The number of benzene rings is 2.